The Labute approximate surface area is 168 Å². The molecule has 146 valence electrons. The normalized spacial score (nSPS) is 18.9. The highest BCUT2D eigenvalue weighted by Gasteiger charge is 2.21. The molecule has 2 heterocycles. The quantitative estimate of drug-likeness (QED) is 0.711. The summed E-state index contributed by atoms with van der Waals surface area (Å²) in [5.41, 5.74) is 3.47. The van der Waals surface area contributed by atoms with Crippen LogP contribution in [0.2, 0.25) is 0 Å². The standard InChI is InChI=1S/C20H20N2O4S2/c1-12-11-14(6-7-16(12)22-28(3,25)26)18-13(2)15-8-10-27-19(15)20(24)21-9-4-5-17(18)23/h4-8,10-11,22-23H,2,9H2,1,3H3,(H,21,24)/b5-4-,18-17-. The van der Waals surface area contributed by atoms with Gasteiger partial charge in [0.1, 0.15) is 5.76 Å². The number of thiophene rings is 1. The number of aryl methyl sites for hydroxylation is 1. The average molecular weight is 417 g/mol. The maximum atomic E-state index is 12.4. The Hall–Kier alpha value is -2.84. The van der Waals surface area contributed by atoms with Gasteiger partial charge in [-0.05, 0) is 53.3 Å². The van der Waals surface area contributed by atoms with E-state index in [-0.39, 0.29) is 18.2 Å². The Morgan fingerprint density at radius 1 is 1.29 bits per heavy atom. The fourth-order valence-electron chi connectivity index (χ4n) is 2.95. The summed E-state index contributed by atoms with van der Waals surface area (Å²) in [6.07, 6.45) is 4.27. The second kappa shape index (κ2) is 7.65. The van der Waals surface area contributed by atoms with E-state index in [0.717, 1.165) is 6.26 Å². The van der Waals surface area contributed by atoms with Crippen molar-refractivity contribution in [1.29, 1.82) is 0 Å². The molecule has 0 spiro atoms. The molecular weight excluding hydrogens is 396 g/mol. The van der Waals surface area contributed by atoms with Gasteiger partial charge in [0.05, 0.1) is 16.8 Å². The average Bonchev–Trinajstić information content (AvgIpc) is 3.09. The number of anilines is 1. The first kappa shape index (κ1) is 19.9. The number of carbonyl (C=O) groups is 1. The molecule has 0 radical (unpaired) electrons. The van der Waals surface area contributed by atoms with Crippen LogP contribution in [0.1, 0.15) is 26.4 Å². The van der Waals surface area contributed by atoms with Crippen molar-refractivity contribution in [3.8, 4) is 0 Å². The Morgan fingerprint density at radius 3 is 2.71 bits per heavy atom. The fourth-order valence-corrected chi connectivity index (χ4v) is 4.42. The van der Waals surface area contributed by atoms with Crippen molar-refractivity contribution in [3.63, 3.8) is 0 Å². The number of carbonyl (C=O) groups excluding carboxylic acids is 1. The van der Waals surface area contributed by atoms with Gasteiger partial charge in [0.2, 0.25) is 10.0 Å². The van der Waals surface area contributed by atoms with E-state index in [1.54, 1.807) is 42.6 Å². The van der Waals surface area contributed by atoms with Crippen LogP contribution in [0.4, 0.5) is 5.69 Å². The number of rotatable bonds is 3. The molecule has 0 unspecified atom stereocenters. The van der Waals surface area contributed by atoms with Crippen LogP contribution in [0.25, 0.3) is 11.1 Å². The number of nitrogens with one attached hydrogen (secondary N) is 2. The molecule has 0 saturated carbocycles. The molecule has 0 atom stereocenters. The Kier molecular flexibility index (Phi) is 5.44. The van der Waals surface area contributed by atoms with Crippen LogP contribution in [0.5, 0.6) is 0 Å². The largest absolute Gasteiger partial charge is 0.507 e. The number of hydrogen-bond acceptors (Lipinski definition) is 5. The van der Waals surface area contributed by atoms with Gasteiger partial charge in [0.15, 0.2) is 0 Å². The fraction of sp³-hybridized carbons (Fsp3) is 0.150. The Bertz CT molecular complexity index is 1120. The van der Waals surface area contributed by atoms with Gasteiger partial charge in [-0.2, -0.15) is 0 Å². The molecule has 3 rings (SSSR count). The van der Waals surface area contributed by atoms with Gasteiger partial charge in [-0.1, -0.05) is 18.7 Å². The predicted molar refractivity (Wildman–Crippen MR) is 114 cm³/mol. The lowest BCUT2D eigenvalue weighted by molar-refractivity contribution is 0.0961. The summed E-state index contributed by atoms with van der Waals surface area (Å²) in [5, 5.41) is 15.3. The minimum Gasteiger partial charge on any atom is -0.507 e. The van der Waals surface area contributed by atoms with Gasteiger partial charge in [-0.15, -0.1) is 11.3 Å². The summed E-state index contributed by atoms with van der Waals surface area (Å²) < 4.78 is 25.5. The first-order valence-corrected chi connectivity index (χ1v) is 11.2. The molecule has 1 aromatic carbocycles. The Morgan fingerprint density at radius 2 is 2.04 bits per heavy atom. The van der Waals surface area contributed by atoms with Gasteiger partial charge >= 0.3 is 0 Å². The number of allylic oxidation sites excluding steroid dienone is 3. The molecular formula is C20H20N2O4S2. The van der Waals surface area contributed by atoms with E-state index in [4.69, 9.17) is 0 Å². The molecule has 1 aliphatic rings. The molecule has 0 saturated heterocycles. The zero-order chi connectivity index (χ0) is 20.5. The van der Waals surface area contributed by atoms with E-state index in [1.165, 1.54) is 17.4 Å². The van der Waals surface area contributed by atoms with Crippen molar-refractivity contribution in [2.75, 3.05) is 17.5 Å². The van der Waals surface area contributed by atoms with E-state index >= 15 is 0 Å². The maximum Gasteiger partial charge on any atom is 0.262 e. The van der Waals surface area contributed by atoms with Gasteiger partial charge in [0.25, 0.3) is 5.91 Å². The van der Waals surface area contributed by atoms with Gasteiger partial charge in [-0.25, -0.2) is 8.42 Å². The van der Waals surface area contributed by atoms with Crippen LogP contribution in [-0.2, 0) is 10.0 Å². The van der Waals surface area contributed by atoms with Gasteiger partial charge in [-0.3, -0.25) is 9.52 Å². The van der Waals surface area contributed by atoms with Crippen LogP contribution in [0.15, 0.2) is 54.1 Å². The summed E-state index contributed by atoms with van der Waals surface area (Å²) in [7, 11) is -3.40. The lowest BCUT2D eigenvalue weighted by atomic mass is 9.91. The molecule has 6 nitrogen and oxygen atoms in total. The molecule has 1 aromatic heterocycles. The molecule has 2 aromatic rings. The van der Waals surface area contributed by atoms with E-state index in [0.29, 0.717) is 38.4 Å². The maximum absolute atomic E-state index is 12.4. The van der Waals surface area contributed by atoms with Crippen molar-refractivity contribution in [2.45, 2.75) is 6.92 Å². The SMILES string of the molecule is C=C1/C(c2ccc(NS(C)(=O)=O)c(C)c2)=C(O)\C=C/CNC(=O)c2sccc21. The van der Waals surface area contributed by atoms with Gasteiger partial charge in [0, 0.05) is 17.7 Å². The summed E-state index contributed by atoms with van der Waals surface area (Å²) in [6.45, 7) is 6.18. The molecule has 28 heavy (non-hydrogen) atoms. The smallest absolute Gasteiger partial charge is 0.262 e. The number of hydrogen-bond donors (Lipinski definition) is 3. The number of benzene rings is 1. The topological polar surface area (TPSA) is 95.5 Å². The van der Waals surface area contributed by atoms with E-state index < -0.39 is 10.0 Å². The summed E-state index contributed by atoms with van der Waals surface area (Å²) in [6, 6.07) is 6.93. The number of sulfonamides is 1. The first-order chi connectivity index (χ1) is 13.2. The third kappa shape index (κ3) is 4.18. The molecule has 1 aliphatic heterocycles. The van der Waals surface area contributed by atoms with Crippen molar-refractivity contribution in [1.82, 2.24) is 5.32 Å². The Balaban J connectivity index is 2.14. The van der Waals surface area contributed by atoms with Gasteiger partial charge < -0.3 is 10.4 Å². The number of fused-ring (bicyclic) bond motifs is 1. The van der Waals surface area contributed by atoms with Crippen LogP contribution < -0.4 is 10.0 Å². The molecule has 8 heteroatoms. The van der Waals surface area contributed by atoms with Crippen molar-refractivity contribution in [2.24, 2.45) is 0 Å². The minimum atomic E-state index is -3.40. The highest BCUT2D eigenvalue weighted by Crippen LogP contribution is 2.37. The molecule has 0 aliphatic carbocycles. The van der Waals surface area contributed by atoms with Crippen molar-refractivity contribution < 1.29 is 18.3 Å². The molecule has 0 fully saturated rings. The number of aliphatic hydroxyl groups excluding tert-OH is 1. The molecule has 1 amide bonds. The monoisotopic (exact) mass is 416 g/mol. The highest BCUT2D eigenvalue weighted by molar-refractivity contribution is 7.92. The zero-order valence-corrected chi connectivity index (χ0v) is 17.1. The highest BCUT2D eigenvalue weighted by atomic mass is 32.2. The molecule has 3 N–H and O–H groups in total. The third-order valence-electron chi connectivity index (χ3n) is 4.22. The van der Waals surface area contributed by atoms with Crippen molar-refractivity contribution >= 4 is 44.1 Å². The zero-order valence-electron chi connectivity index (χ0n) is 15.4. The van der Waals surface area contributed by atoms with Crippen molar-refractivity contribution in [3.05, 3.63) is 75.7 Å². The first-order valence-electron chi connectivity index (χ1n) is 8.41. The van der Waals surface area contributed by atoms with E-state index in [9.17, 15) is 18.3 Å². The third-order valence-corrected chi connectivity index (χ3v) is 5.72. The van der Waals surface area contributed by atoms with Crippen LogP contribution in [0.3, 0.4) is 0 Å². The van der Waals surface area contributed by atoms with Crippen LogP contribution in [0, 0.1) is 6.92 Å². The second-order valence-corrected chi connectivity index (χ2v) is 9.08. The summed E-state index contributed by atoms with van der Waals surface area (Å²) >= 11 is 1.31. The summed E-state index contributed by atoms with van der Waals surface area (Å²) in [4.78, 5) is 12.9. The second-order valence-electron chi connectivity index (χ2n) is 6.42. The minimum absolute atomic E-state index is 0.0153. The van der Waals surface area contributed by atoms with Crippen LogP contribution in [-0.4, -0.2) is 32.2 Å². The van der Waals surface area contributed by atoms with E-state index in [1.807, 2.05) is 0 Å². The lowest BCUT2D eigenvalue weighted by Crippen LogP contribution is -2.23. The lowest BCUT2D eigenvalue weighted by Gasteiger charge is -2.17. The summed E-state index contributed by atoms with van der Waals surface area (Å²) in [5.74, 6) is -0.179. The van der Waals surface area contributed by atoms with Crippen LogP contribution >= 0.6 is 11.3 Å². The number of amides is 1. The van der Waals surface area contributed by atoms with E-state index in [2.05, 4.69) is 16.6 Å². The molecule has 0 bridgehead atoms. The number of aliphatic hydroxyl groups is 1. The predicted octanol–water partition coefficient (Wildman–Crippen LogP) is 3.71.